The predicted octanol–water partition coefficient (Wildman–Crippen LogP) is 3.08. The zero-order valence-corrected chi connectivity index (χ0v) is 12.6. The first-order chi connectivity index (χ1) is 9.52. The molecule has 2 N–H and O–H groups in total. The maximum absolute atomic E-state index is 5.97. The summed E-state index contributed by atoms with van der Waals surface area (Å²) in [6.07, 6.45) is 3.85. The standard InChI is InChI=1S/C16H23N3O/c1-11(2)16-18-7-8-19(16)10-14-9-13(12(3)17)5-6-15(14)20-4/h5-9,11-12H,10,17H2,1-4H3. The number of imidazole rings is 1. The second-order valence-electron chi connectivity index (χ2n) is 5.43. The van der Waals surface area contributed by atoms with E-state index in [2.05, 4.69) is 29.5 Å². The Hall–Kier alpha value is -1.81. The van der Waals surface area contributed by atoms with Crippen molar-refractivity contribution in [2.45, 2.75) is 39.3 Å². The van der Waals surface area contributed by atoms with Crippen molar-refractivity contribution in [3.8, 4) is 5.75 Å². The number of ether oxygens (including phenoxy) is 1. The molecule has 0 amide bonds. The number of aromatic nitrogens is 2. The molecule has 0 aliphatic heterocycles. The third-order valence-electron chi connectivity index (χ3n) is 3.44. The largest absolute Gasteiger partial charge is 0.496 e. The van der Waals surface area contributed by atoms with Gasteiger partial charge in [0.25, 0.3) is 0 Å². The molecule has 0 saturated heterocycles. The summed E-state index contributed by atoms with van der Waals surface area (Å²) in [5.74, 6) is 2.36. The average molecular weight is 273 g/mol. The van der Waals surface area contributed by atoms with Gasteiger partial charge in [0.05, 0.1) is 13.7 Å². The van der Waals surface area contributed by atoms with Crippen LogP contribution < -0.4 is 10.5 Å². The average Bonchev–Trinajstić information content (AvgIpc) is 2.87. The lowest BCUT2D eigenvalue weighted by molar-refractivity contribution is 0.407. The van der Waals surface area contributed by atoms with Gasteiger partial charge in [-0.1, -0.05) is 19.9 Å². The highest BCUT2D eigenvalue weighted by molar-refractivity contribution is 5.38. The van der Waals surface area contributed by atoms with Crippen LogP contribution in [-0.2, 0) is 6.54 Å². The summed E-state index contributed by atoms with van der Waals surface area (Å²) in [6, 6.07) is 6.14. The molecule has 1 heterocycles. The van der Waals surface area contributed by atoms with Gasteiger partial charge in [0.1, 0.15) is 11.6 Å². The zero-order valence-electron chi connectivity index (χ0n) is 12.6. The number of hydrogen-bond acceptors (Lipinski definition) is 3. The summed E-state index contributed by atoms with van der Waals surface area (Å²) in [4.78, 5) is 4.42. The molecule has 0 aliphatic carbocycles. The van der Waals surface area contributed by atoms with Crippen LogP contribution in [0, 0.1) is 0 Å². The van der Waals surface area contributed by atoms with E-state index >= 15 is 0 Å². The van der Waals surface area contributed by atoms with Crippen molar-refractivity contribution in [2.75, 3.05) is 7.11 Å². The van der Waals surface area contributed by atoms with Crippen LogP contribution in [0.4, 0.5) is 0 Å². The van der Waals surface area contributed by atoms with Gasteiger partial charge in [-0.25, -0.2) is 4.98 Å². The number of nitrogens with two attached hydrogens (primary N) is 1. The van der Waals surface area contributed by atoms with Gasteiger partial charge >= 0.3 is 0 Å². The molecule has 0 radical (unpaired) electrons. The van der Waals surface area contributed by atoms with E-state index in [4.69, 9.17) is 10.5 Å². The van der Waals surface area contributed by atoms with E-state index in [9.17, 15) is 0 Å². The molecule has 20 heavy (non-hydrogen) atoms. The Morgan fingerprint density at radius 3 is 2.65 bits per heavy atom. The Morgan fingerprint density at radius 2 is 2.05 bits per heavy atom. The predicted molar refractivity (Wildman–Crippen MR) is 81.0 cm³/mol. The number of rotatable bonds is 5. The molecule has 4 heteroatoms. The van der Waals surface area contributed by atoms with E-state index in [0.29, 0.717) is 5.92 Å². The minimum Gasteiger partial charge on any atom is -0.496 e. The highest BCUT2D eigenvalue weighted by Crippen LogP contribution is 2.24. The van der Waals surface area contributed by atoms with Gasteiger partial charge in [0.15, 0.2) is 0 Å². The minimum atomic E-state index is 0.0204. The fourth-order valence-corrected chi connectivity index (χ4v) is 2.34. The molecular formula is C16H23N3O. The second kappa shape index (κ2) is 6.09. The first-order valence-corrected chi connectivity index (χ1v) is 6.96. The molecule has 1 atom stereocenters. The monoisotopic (exact) mass is 273 g/mol. The molecule has 2 rings (SSSR count). The molecule has 0 bridgehead atoms. The lowest BCUT2D eigenvalue weighted by Gasteiger charge is -2.15. The van der Waals surface area contributed by atoms with Crippen molar-refractivity contribution in [2.24, 2.45) is 5.73 Å². The Balaban J connectivity index is 2.36. The van der Waals surface area contributed by atoms with Crippen LogP contribution in [0.1, 0.15) is 49.7 Å². The van der Waals surface area contributed by atoms with Crippen LogP contribution in [0.15, 0.2) is 30.6 Å². The molecule has 108 valence electrons. The maximum atomic E-state index is 5.97. The van der Waals surface area contributed by atoms with Gasteiger partial charge in [-0.15, -0.1) is 0 Å². The summed E-state index contributed by atoms with van der Waals surface area (Å²) in [6.45, 7) is 7.03. The summed E-state index contributed by atoms with van der Waals surface area (Å²) in [5, 5.41) is 0. The Kier molecular flexibility index (Phi) is 4.45. The quantitative estimate of drug-likeness (QED) is 0.910. The molecule has 0 saturated carbocycles. The van der Waals surface area contributed by atoms with E-state index in [1.165, 1.54) is 0 Å². The fourth-order valence-electron chi connectivity index (χ4n) is 2.34. The number of methoxy groups -OCH3 is 1. The molecule has 1 aromatic heterocycles. The van der Waals surface area contributed by atoms with Crippen molar-refractivity contribution in [3.63, 3.8) is 0 Å². The third kappa shape index (κ3) is 3.02. The van der Waals surface area contributed by atoms with Crippen molar-refractivity contribution in [1.82, 2.24) is 9.55 Å². The normalized spacial score (nSPS) is 12.7. The minimum absolute atomic E-state index is 0.0204. The number of hydrogen-bond donors (Lipinski definition) is 1. The second-order valence-corrected chi connectivity index (χ2v) is 5.43. The van der Waals surface area contributed by atoms with E-state index in [-0.39, 0.29) is 6.04 Å². The first kappa shape index (κ1) is 14.6. The van der Waals surface area contributed by atoms with Gasteiger partial charge in [0, 0.05) is 29.9 Å². The van der Waals surface area contributed by atoms with E-state index in [0.717, 1.165) is 29.2 Å². The van der Waals surface area contributed by atoms with Crippen LogP contribution in [-0.4, -0.2) is 16.7 Å². The maximum Gasteiger partial charge on any atom is 0.123 e. The molecule has 1 aromatic carbocycles. The highest BCUT2D eigenvalue weighted by Gasteiger charge is 2.11. The van der Waals surface area contributed by atoms with Gasteiger partial charge in [-0.05, 0) is 24.6 Å². The number of benzene rings is 1. The zero-order chi connectivity index (χ0) is 14.7. The molecule has 0 aliphatic rings. The van der Waals surface area contributed by atoms with Crippen LogP contribution in [0.2, 0.25) is 0 Å². The molecule has 2 aromatic rings. The SMILES string of the molecule is COc1ccc(C(C)N)cc1Cn1ccnc1C(C)C. The Bertz CT molecular complexity index is 573. The van der Waals surface area contributed by atoms with Crippen LogP contribution in [0.25, 0.3) is 0 Å². The van der Waals surface area contributed by atoms with Crippen LogP contribution >= 0.6 is 0 Å². The lowest BCUT2D eigenvalue weighted by Crippen LogP contribution is -2.09. The molecule has 0 fully saturated rings. The smallest absolute Gasteiger partial charge is 0.123 e. The van der Waals surface area contributed by atoms with Gasteiger partial charge in [0.2, 0.25) is 0 Å². The molecule has 1 unspecified atom stereocenters. The summed E-state index contributed by atoms with van der Waals surface area (Å²) in [7, 11) is 1.70. The summed E-state index contributed by atoms with van der Waals surface area (Å²) < 4.78 is 7.61. The molecular weight excluding hydrogens is 250 g/mol. The lowest BCUT2D eigenvalue weighted by atomic mass is 10.0. The Labute approximate surface area is 120 Å². The Morgan fingerprint density at radius 1 is 1.30 bits per heavy atom. The van der Waals surface area contributed by atoms with Gasteiger partial charge < -0.3 is 15.0 Å². The highest BCUT2D eigenvalue weighted by atomic mass is 16.5. The molecule has 4 nitrogen and oxygen atoms in total. The third-order valence-corrected chi connectivity index (χ3v) is 3.44. The van der Waals surface area contributed by atoms with Crippen LogP contribution in [0.5, 0.6) is 5.75 Å². The van der Waals surface area contributed by atoms with Crippen molar-refractivity contribution < 1.29 is 4.74 Å². The van der Waals surface area contributed by atoms with E-state index < -0.39 is 0 Å². The fraction of sp³-hybridized carbons (Fsp3) is 0.438. The van der Waals surface area contributed by atoms with Gasteiger partial charge in [-0.3, -0.25) is 0 Å². The van der Waals surface area contributed by atoms with Crippen molar-refractivity contribution >= 4 is 0 Å². The topological polar surface area (TPSA) is 53.1 Å². The summed E-state index contributed by atoms with van der Waals surface area (Å²) in [5.41, 5.74) is 8.21. The van der Waals surface area contributed by atoms with Gasteiger partial charge in [-0.2, -0.15) is 0 Å². The first-order valence-electron chi connectivity index (χ1n) is 6.96. The summed E-state index contributed by atoms with van der Waals surface area (Å²) >= 11 is 0. The van der Waals surface area contributed by atoms with E-state index in [1.807, 2.05) is 31.5 Å². The van der Waals surface area contributed by atoms with Crippen molar-refractivity contribution in [1.29, 1.82) is 0 Å². The van der Waals surface area contributed by atoms with E-state index in [1.54, 1.807) is 7.11 Å². The van der Waals surface area contributed by atoms with Crippen molar-refractivity contribution in [3.05, 3.63) is 47.5 Å². The number of nitrogens with zero attached hydrogens (tertiary/aromatic N) is 2. The van der Waals surface area contributed by atoms with Crippen LogP contribution in [0.3, 0.4) is 0 Å². The molecule has 0 spiro atoms.